The number of hydrogen-bond acceptors (Lipinski definition) is 4. The molecule has 128 valence electrons. The molecule has 0 bridgehead atoms. The number of carbonyl (C=O) groups excluding carboxylic acids is 2. The number of ether oxygens (including phenoxy) is 1. The van der Waals surface area contributed by atoms with Crippen molar-refractivity contribution in [3.63, 3.8) is 0 Å². The lowest BCUT2D eigenvalue weighted by molar-refractivity contribution is -0.144. The first-order chi connectivity index (χ1) is 10.9. The standard InChI is InChI=1S/C18H28N2O3/c1-14(2)12-16(20(3)4)18(22)19-11-10-17(21)23-13-15-8-6-5-7-9-15/h5-9,14,16H,10-13H2,1-4H3,(H,19,22). The summed E-state index contributed by atoms with van der Waals surface area (Å²) in [6, 6.07) is 9.36. The Morgan fingerprint density at radius 3 is 2.39 bits per heavy atom. The van der Waals surface area contributed by atoms with Gasteiger partial charge in [0.25, 0.3) is 0 Å². The van der Waals surface area contributed by atoms with Crippen molar-refractivity contribution in [2.45, 2.75) is 39.3 Å². The first kappa shape index (κ1) is 19.2. The van der Waals surface area contributed by atoms with E-state index in [0.717, 1.165) is 12.0 Å². The summed E-state index contributed by atoms with van der Waals surface area (Å²) in [6.07, 6.45) is 0.970. The van der Waals surface area contributed by atoms with E-state index >= 15 is 0 Å². The molecule has 1 rings (SSSR count). The molecule has 1 aromatic rings. The van der Waals surface area contributed by atoms with Crippen molar-refractivity contribution in [2.75, 3.05) is 20.6 Å². The topological polar surface area (TPSA) is 58.6 Å². The van der Waals surface area contributed by atoms with Gasteiger partial charge in [-0.15, -0.1) is 0 Å². The van der Waals surface area contributed by atoms with Crippen LogP contribution in [0.1, 0.15) is 32.3 Å². The molecule has 0 aliphatic rings. The Morgan fingerprint density at radius 2 is 1.83 bits per heavy atom. The summed E-state index contributed by atoms with van der Waals surface area (Å²) in [5.74, 6) is 0.0861. The normalized spacial score (nSPS) is 12.3. The summed E-state index contributed by atoms with van der Waals surface area (Å²) in [4.78, 5) is 25.8. The van der Waals surface area contributed by atoms with Gasteiger partial charge in [0.15, 0.2) is 0 Å². The van der Waals surface area contributed by atoms with Gasteiger partial charge in [-0.25, -0.2) is 0 Å². The van der Waals surface area contributed by atoms with Gasteiger partial charge < -0.3 is 10.1 Å². The molecule has 0 fully saturated rings. The van der Waals surface area contributed by atoms with E-state index in [4.69, 9.17) is 4.74 Å². The molecule has 0 heterocycles. The molecular weight excluding hydrogens is 292 g/mol. The van der Waals surface area contributed by atoms with Crippen LogP contribution in [0.5, 0.6) is 0 Å². The molecule has 0 spiro atoms. The van der Waals surface area contributed by atoms with E-state index in [1.54, 1.807) is 0 Å². The van der Waals surface area contributed by atoms with Crippen LogP contribution < -0.4 is 5.32 Å². The quantitative estimate of drug-likeness (QED) is 0.709. The van der Waals surface area contributed by atoms with Crippen molar-refractivity contribution < 1.29 is 14.3 Å². The predicted octanol–water partition coefficient (Wildman–Crippen LogP) is 2.21. The number of likely N-dealkylation sites (N-methyl/N-ethyl adjacent to an activating group) is 1. The van der Waals surface area contributed by atoms with Gasteiger partial charge in [0.2, 0.25) is 5.91 Å². The average molecular weight is 320 g/mol. The zero-order valence-corrected chi connectivity index (χ0v) is 14.5. The fraction of sp³-hybridized carbons (Fsp3) is 0.556. The monoisotopic (exact) mass is 320 g/mol. The molecule has 0 aromatic heterocycles. The highest BCUT2D eigenvalue weighted by atomic mass is 16.5. The summed E-state index contributed by atoms with van der Waals surface area (Å²) >= 11 is 0. The molecule has 0 saturated carbocycles. The van der Waals surface area contributed by atoms with Crippen LogP contribution in [0.2, 0.25) is 0 Å². The van der Waals surface area contributed by atoms with Crippen molar-refractivity contribution in [1.29, 1.82) is 0 Å². The first-order valence-corrected chi connectivity index (χ1v) is 8.03. The summed E-state index contributed by atoms with van der Waals surface area (Å²) in [5.41, 5.74) is 0.953. The number of esters is 1. The van der Waals surface area contributed by atoms with Crippen LogP contribution >= 0.6 is 0 Å². The Morgan fingerprint density at radius 1 is 1.17 bits per heavy atom. The largest absolute Gasteiger partial charge is 0.461 e. The van der Waals surface area contributed by atoms with Gasteiger partial charge >= 0.3 is 5.97 Å². The van der Waals surface area contributed by atoms with Crippen LogP contribution in [0.3, 0.4) is 0 Å². The number of carbonyl (C=O) groups is 2. The minimum absolute atomic E-state index is 0.0421. The third-order valence-corrected chi connectivity index (χ3v) is 3.49. The third kappa shape index (κ3) is 7.79. The van der Waals surface area contributed by atoms with Crippen LogP contribution in [-0.4, -0.2) is 43.5 Å². The van der Waals surface area contributed by atoms with E-state index in [1.807, 2.05) is 49.3 Å². The Bertz CT molecular complexity index is 486. The maximum atomic E-state index is 12.2. The van der Waals surface area contributed by atoms with Crippen molar-refractivity contribution >= 4 is 11.9 Å². The van der Waals surface area contributed by atoms with Crippen molar-refractivity contribution in [3.8, 4) is 0 Å². The van der Waals surface area contributed by atoms with Gasteiger partial charge in [-0.3, -0.25) is 14.5 Å². The molecule has 0 saturated heterocycles. The minimum Gasteiger partial charge on any atom is -0.461 e. The highest BCUT2D eigenvalue weighted by molar-refractivity contribution is 5.82. The fourth-order valence-electron chi connectivity index (χ4n) is 2.21. The minimum atomic E-state index is -0.306. The van der Waals surface area contributed by atoms with Gasteiger partial charge in [0.1, 0.15) is 6.61 Å². The molecule has 1 atom stereocenters. The maximum absolute atomic E-state index is 12.2. The maximum Gasteiger partial charge on any atom is 0.307 e. The summed E-state index contributed by atoms with van der Waals surface area (Å²) in [6.45, 7) is 4.74. The first-order valence-electron chi connectivity index (χ1n) is 8.03. The van der Waals surface area contributed by atoms with E-state index in [9.17, 15) is 9.59 Å². The lowest BCUT2D eigenvalue weighted by atomic mass is 10.0. The third-order valence-electron chi connectivity index (χ3n) is 3.49. The van der Waals surface area contributed by atoms with E-state index in [1.165, 1.54) is 0 Å². The van der Waals surface area contributed by atoms with Gasteiger partial charge in [0, 0.05) is 6.54 Å². The lowest BCUT2D eigenvalue weighted by Gasteiger charge is -2.24. The fourth-order valence-corrected chi connectivity index (χ4v) is 2.21. The number of rotatable bonds is 9. The van der Waals surface area contributed by atoms with Gasteiger partial charge in [-0.05, 0) is 32.0 Å². The Balaban J connectivity index is 2.29. The summed E-state index contributed by atoms with van der Waals surface area (Å²) in [5, 5.41) is 2.82. The predicted molar refractivity (Wildman–Crippen MR) is 90.8 cm³/mol. The van der Waals surface area contributed by atoms with Crippen molar-refractivity contribution in [2.24, 2.45) is 5.92 Å². The highest BCUT2D eigenvalue weighted by Crippen LogP contribution is 2.09. The molecule has 5 nitrogen and oxygen atoms in total. The molecule has 0 radical (unpaired) electrons. The Hall–Kier alpha value is -1.88. The van der Waals surface area contributed by atoms with E-state index in [2.05, 4.69) is 19.2 Å². The van der Waals surface area contributed by atoms with E-state index in [-0.39, 0.29) is 30.9 Å². The Labute approximate surface area is 139 Å². The number of nitrogens with one attached hydrogen (secondary N) is 1. The molecule has 1 unspecified atom stereocenters. The number of hydrogen-bond donors (Lipinski definition) is 1. The number of benzene rings is 1. The van der Waals surface area contributed by atoms with Crippen LogP contribution in [0.4, 0.5) is 0 Å². The molecule has 5 heteroatoms. The zero-order valence-electron chi connectivity index (χ0n) is 14.5. The highest BCUT2D eigenvalue weighted by Gasteiger charge is 2.21. The summed E-state index contributed by atoms with van der Waals surface area (Å²) < 4.78 is 5.18. The average Bonchev–Trinajstić information content (AvgIpc) is 2.51. The van der Waals surface area contributed by atoms with Gasteiger partial charge in [-0.2, -0.15) is 0 Å². The van der Waals surface area contributed by atoms with Crippen LogP contribution in [0.15, 0.2) is 30.3 Å². The molecule has 23 heavy (non-hydrogen) atoms. The SMILES string of the molecule is CC(C)CC(C(=O)NCCC(=O)OCc1ccccc1)N(C)C. The molecule has 0 aliphatic carbocycles. The van der Waals surface area contributed by atoms with Gasteiger partial charge in [0.05, 0.1) is 12.5 Å². The molecule has 0 aliphatic heterocycles. The van der Waals surface area contributed by atoms with E-state index in [0.29, 0.717) is 12.5 Å². The lowest BCUT2D eigenvalue weighted by Crippen LogP contribution is -2.44. The second kappa shape index (κ2) is 10.0. The van der Waals surface area contributed by atoms with Crippen molar-refractivity contribution in [1.82, 2.24) is 10.2 Å². The molecule has 1 aromatic carbocycles. The second-order valence-corrected chi connectivity index (χ2v) is 6.30. The summed E-state index contributed by atoms with van der Waals surface area (Å²) in [7, 11) is 3.78. The Kier molecular flexibility index (Phi) is 8.33. The van der Waals surface area contributed by atoms with Crippen molar-refractivity contribution in [3.05, 3.63) is 35.9 Å². The number of nitrogens with zero attached hydrogens (tertiary/aromatic N) is 1. The van der Waals surface area contributed by atoms with E-state index < -0.39 is 0 Å². The van der Waals surface area contributed by atoms with Gasteiger partial charge in [-0.1, -0.05) is 44.2 Å². The van der Waals surface area contributed by atoms with Crippen LogP contribution in [0, 0.1) is 5.92 Å². The zero-order chi connectivity index (χ0) is 17.2. The smallest absolute Gasteiger partial charge is 0.307 e. The van der Waals surface area contributed by atoms with Crippen LogP contribution in [0.25, 0.3) is 0 Å². The molecule has 1 N–H and O–H groups in total. The van der Waals surface area contributed by atoms with Crippen LogP contribution in [-0.2, 0) is 20.9 Å². The molecular formula is C18H28N2O3. The second-order valence-electron chi connectivity index (χ2n) is 6.30. The number of amides is 1. The molecule has 1 amide bonds.